The van der Waals surface area contributed by atoms with Crippen LogP contribution in [0.5, 0.6) is 0 Å². The summed E-state index contributed by atoms with van der Waals surface area (Å²) in [7, 11) is 0. The van der Waals surface area contributed by atoms with Gasteiger partial charge in [-0.1, -0.05) is 30.0 Å². The average molecular weight is 233 g/mol. The molecule has 2 N–H and O–H groups in total. The van der Waals surface area contributed by atoms with Crippen molar-refractivity contribution in [1.29, 1.82) is 0 Å². The van der Waals surface area contributed by atoms with Crippen molar-refractivity contribution >= 4 is 17.4 Å². The van der Waals surface area contributed by atoms with E-state index >= 15 is 0 Å². The molecule has 0 aliphatic carbocycles. The molecule has 0 saturated carbocycles. The van der Waals surface area contributed by atoms with Gasteiger partial charge in [-0.25, -0.2) is 0 Å². The van der Waals surface area contributed by atoms with Crippen molar-refractivity contribution in [3.63, 3.8) is 0 Å². The Labute approximate surface area is 99.7 Å². The molecular weight excluding hydrogens is 218 g/mol. The second-order valence-electron chi connectivity index (χ2n) is 3.54. The zero-order valence-electron chi connectivity index (χ0n) is 9.47. The number of hydrogen-bond donors (Lipinski definition) is 1. The summed E-state index contributed by atoms with van der Waals surface area (Å²) in [5.74, 6) is 0. The standard InChI is InChI=1S/C12H15N3S/c1-3-15-12(11(13)9(2)14-15)16-10-7-5-4-6-8-10/h4-8H,3,13H2,1-2H3. The maximum atomic E-state index is 6.02. The zero-order chi connectivity index (χ0) is 11.5. The van der Waals surface area contributed by atoms with Gasteiger partial charge in [0, 0.05) is 11.4 Å². The molecule has 0 spiro atoms. The fourth-order valence-electron chi connectivity index (χ4n) is 1.50. The maximum Gasteiger partial charge on any atom is 0.122 e. The third kappa shape index (κ3) is 2.07. The Kier molecular flexibility index (Phi) is 3.19. The van der Waals surface area contributed by atoms with Gasteiger partial charge in [-0.3, -0.25) is 4.68 Å². The Hall–Kier alpha value is -1.42. The van der Waals surface area contributed by atoms with Crippen molar-refractivity contribution in [2.45, 2.75) is 30.3 Å². The van der Waals surface area contributed by atoms with Crippen molar-refractivity contribution in [3.05, 3.63) is 36.0 Å². The van der Waals surface area contributed by atoms with Gasteiger partial charge >= 0.3 is 0 Å². The molecule has 1 aromatic heterocycles. The molecule has 0 saturated heterocycles. The van der Waals surface area contributed by atoms with E-state index in [4.69, 9.17) is 5.73 Å². The second kappa shape index (κ2) is 4.61. The summed E-state index contributed by atoms with van der Waals surface area (Å²) >= 11 is 1.66. The maximum absolute atomic E-state index is 6.02. The summed E-state index contributed by atoms with van der Waals surface area (Å²) in [4.78, 5) is 1.18. The molecule has 1 aromatic carbocycles. The molecule has 0 amide bonds. The van der Waals surface area contributed by atoms with Crippen LogP contribution in [0.1, 0.15) is 12.6 Å². The molecule has 84 valence electrons. The largest absolute Gasteiger partial charge is 0.395 e. The first-order valence-corrected chi connectivity index (χ1v) is 6.09. The lowest BCUT2D eigenvalue weighted by atomic mass is 10.4. The Balaban J connectivity index is 2.34. The first kappa shape index (κ1) is 11.1. The minimum absolute atomic E-state index is 0.788. The van der Waals surface area contributed by atoms with E-state index in [2.05, 4.69) is 24.2 Å². The summed E-state index contributed by atoms with van der Waals surface area (Å²) in [6.07, 6.45) is 0. The van der Waals surface area contributed by atoms with E-state index < -0.39 is 0 Å². The van der Waals surface area contributed by atoms with E-state index in [1.807, 2.05) is 29.8 Å². The predicted molar refractivity (Wildman–Crippen MR) is 67.6 cm³/mol. The first-order valence-electron chi connectivity index (χ1n) is 5.28. The summed E-state index contributed by atoms with van der Waals surface area (Å²) in [5.41, 5.74) is 7.71. The predicted octanol–water partition coefficient (Wildman–Crippen LogP) is 2.94. The van der Waals surface area contributed by atoms with Crippen LogP contribution in [0.4, 0.5) is 5.69 Å². The highest BCUT2D eigenvalue weighted by Crippen LogP contribution is 2.33. The number of nitrogens with two attached hydrogens (primary N) is 1. The van der Waals surface area contributed by atoms with Gasteiger partial charge in [0.25, 0.3) is 0 Å². The van der Waals surface area contributed by atoms with Crippen LogP contribution in [-0.2, 0) is 6.54 Å². The van der Waals surface area contributed by atoms with Crippen LogP contribution in [0.3, 0.4) is 0 Å². The number of aromatic nitrogens is 2. The molecule has 0 fully saturated rings. The molecule has 0 aliphatic rings. The highest BCUT2D eigenvalue weighted by Gasteiger charge is 2.12. The average Bonchev–Trinajstić information content (AvgIpc) is 2.58. The molecular formula is C12H15N3S. The van der Waals surface area contributed by atoms with Gasteiger partial charge in [0.05, 0.1) is 11.4 Å². The lowest BCUT2D eigenvalue weighted by molar-refractivity contribution is 0.602. The topological polar surface area (TPSA) is 43.8 Å². The summed E-state index contributed by atoms with van der Waals surface area (Å²) in [6, 6.07) is 10.2. The quantitative estimate of drug-likeness (QED) is 0.886. The number of aryl methyl sites for hydroxylation is 2. The van der Waals surface area contributed by atoms with Crippen LogP contribution < -0.4 is 5.73 Å². The number of hydrogen-bond acceptors (Lipinski definition) is 3. The minimum Gasteiger partial charge on any atom is -0.395 e. The lowest BCUT2D eigenvalue weighted by Crippen LogP contribution is -1.98. The molecule has 0 aliphatic heterocycles. The molecule has 0 bridgehead atoms. The zero-order valence-corrected chi connectivity index (χ0v) is 10.3. The van der Waals surface area contributed by atoms with Gasteiger partial charge in [0.15, 0.2) is 0 Å². The SMILES string of the molecule is CCn1nc(C)c(N)c1Sc1ccccc1. The Bertz CT molecular complexity index is 477. The number of benzene rings is 1. The normalized spacial score (nSPS) is 10.6. The van der Waals surface area contributed by atoms with E-state index in [1.54, 1.807) is 11.8 Å². The third-order valence-electron chi connectivity index (χ3n) is 2.38. The van der Waals surface area contributed by atoms with Gasteiger partial charge in [0.1, 0.15) is 5.03 Å². The van der Waals surface area contributed by atoms with Gasteiger partial charge in [-0.15, -0.1) is 0 Å². The van der Waals surface area contributed by atoms with Crippen molar-refractivity contribution in [1.82, 2.24) is 9.78 Å². The fourth-order valence-corrected chi connectivity index (χ4v) is 2.55. The van der Waals surface area contributed by atoms with Gasteiger partial charge in [-0.05, 0) is 26.0 Å². The smallest absolute Gasteiger partial charge is 0.122 e. The molecule has 0 unspecified atom stereocenters. The molecule has 0 radical (unpaired) electrons. The molecule has 0 atom stereocenters. The number of nitrogens with zero attached hydrogens (tertiary/aromatic N) is 2. The molecule has 1 heterocycles. The van der Waals surface area contributed by atoms with E-state index in [1.165, 1.54) is 4.90 Å². The highest BCUT2D eigenvalue weighted by atomic mass is 32.2. The monoisotopic (exact) mass is 233 g/mol. The molecule has 16 heavy (non-hydrogen) atoms. The van der Waals surface area contributed by atoms with E-state index in [0.29, 0.717) is 0 Å². The van der Waals surface area contributed by atoms with Crippen LogP contribution in [0.2, 0.25) is 0 Å². The Morgan fingerprint density at radius 1 is 1.31 bits per heavy atom. The van der Waals surface area contributed by atoms with Crippen molar-refractivity contribution in [2.24, 2.45) is 0 Å². The lowest BCUT2D eigenvalue weighted by Gasteiger charge is -2.04. The van der Waals surface area contributed by atoms with Crippen LogP contribution in [0, 0.1) is 6.92 Å². The summed E-state index contributed by atoms with van der Waals surface area (Å²) in [5, 5.41) is 5.43. The summed E-state index contributed by atoms with van der Waals surface area (Å²) in [6.45, 7) is 4.85. The number of nitrogen functional groups attached to an aromatic ring is 1. The molecule has 2 aromatic rings. The second-order valence-corrected chi connectivity index (χ2v) is 4.60. The van der Waals surface area contributed by atoms with Crippen molar-refractivity contribution in [2.75, 3.05) is 5.73 Å². The minimum atomic E-state index is 0.788. The van der Waals surface area contributed by atoms with Gasteiger partial charge in [0.2, 0.25) is 0 Å². The van der Waals surface area contributed by atoms with E-state index in [-0.39, 0.29) is 0 Å². The fraction of sp³-hybridized carbons (Fsp3) is 0.250. The van der Waals surface area contributed by atoms with Gasteiger partial charge in [-0.2, -0.15) is 5.10 Å². The Morgan fingerprint density at radius 3 is 2.62 bits per heavy atom. The van der Waals surface area contributed by atoms with Crippen LogP contribution in [0.25, 0.3) is 0 Å². The van der Waals surface area contributed by atoms with E-state index in [0.717, 1.165) is 23.0 Å². The summed E-state index contributed by atoms with van der Waals surface area (Å²) < 4.78 is 1.95. The first-order chi connectivity index (χ1) is 7.72. The van der Waals surface area contributed by atoms with Gasteiger partial charge < -0.3 is 5.73 Å². The van der Waals surface area contributed by atoms with Crippen LogP contribution in [-0.4, -0.2) is 9.78 Å². The Morgan fingerprint density at radius 2 is 2.00 bits per heavy atom. The molecule has 4 heteroatoms. The molecule has 3 nitrogen and oxygen atoms in total. The van der Waals surface area contributed by atoms with Crippen LogP contribution >= 0.6 is 11.8 Å². The molecule has 2 rings (SSSR count). The highest BCUT2D eigenvalue weighted by molar-refractivity contribution is 7.99. The number of rotatable bonds is 3. The number of anilines is 1. The third-order valence-corrected chi connectivity index (χ3v) is 3.51. The van der Waals surface area contributed by atoms with Crippen molar-refractivity contribution < 1.29 is 0 Å². The van der Waals surface area contributed by atoms with Crippen LogP contribution in [0.15, 0.2) is 40.3 Å². The van der Waals surface area contributed by atoms with E-state index in [9.17, 15) is 0 Å². The van der Waals surface area contributed by atoms with Crippen molar-refractivity contribution in [3.8, 4) is 0 Å².